The van der Waals surface area contributed by atoms with Crippen LogP contribution in [-0.4, -0.2) is 14.5 Å². The third kappa shape index (κ3) is 3.80. The Morgan fingerprint density at radius 1 is 1.29 bits per heavy atom. The van der Waals surface area contributed by atoms with Gasteiger partial charge in [0.2, 0.25) is 0 Å². The van der Waals surface area contributed by atoms with Gasteiger partial charge in [-0.15, -0.1) is 0 Å². The molecule has 0 saturated heterocycles. The summed E-state index contributed by atoms with van der Waals surface area (Å²) in [7, 11) is 1.66. The molecule has 0 spiro atoms. The summed E-state index contributed by atoms with van der Waals surface area (Å²) in [5.74, 6) is 1.66. The van der Waals surface area contributed by atoms with E-state index in [9.17, 15) is 4.79 Å². The van der Waals surface area contributed by atoms with Crippen LogP contribution in [-0.2, 0) is 7.05 Å². The van der Waals surface area contributed by atoms with Crippen LogP contribution in [0, 0.1) is 12.8 Å². The molecule has 21 heavy (non-hydrogen) atoms. The van der Waals surface area contributed by atoms with Gasteiger partial charge in [-0.3, -0.25) is 9.36 Å². The van der Waals surface area contributed by atoms with Crippen LogP contribution in [0.2, 0.25) is 0 Å². The minimum atomic E-state index is -0.159. The van der Waals surface area contributed by atoms with E-state index in [0.717, 1.165) is 5.92 Å². The predicted octanol–water partition coefficient (Wildman–Crippen LogP) is 2.81. The van der Waals surface area contributed by atoms with Crippen molar-refractivity contribution in [2.24, 2.45) is 13.0 Å². The van der Waals surface area contributed by atoms with E-state index in [1.54, 1.807) is 20.2 Å². The average Bonchev–Trinajstić information content (AvgIpc) is 2.46. The summed E-state index contributed by atoms with van der Waals surface area (Å²) in [6.45, 7) is 4.13. The molecule has 0 amide bonds. The van der Waals surface area contributed by atoms with Gasteiger partial charge in [-0.1, -0.05) is 39.0 Å². The van der Waals surface area contributed by atoms with Crippen molar-refractivity contribution in [3.63, 3.8) is 0 Å². The molecular formula is C16H24N4O. The second-order valence-corrected chi connectivity index (χ2v) is 5.89. The predicted molar refractivity (Wildman–Crippen MR) is 86.2 cm³/mol. The maximum atomic E-state index is 11.4. The number of hydrogen-bond acceptors (Lipinski definition) is 4. The van der Waals surface area contributed by atoms with Gasteiger partial charge >= 0.3 is 0 Å². The molecule has 0 aliphatic heterocycles. The molecule has 0 atom stereocenters. The Bertz CT molecular complexity index is 672. The monoisotopic (exact) mass is 288 g/mol. The fraction of sp³-hybridized carbons (Fsp3) is 0.562. The number of nitrogen functional groups attached to an aromatic ring is 1. The maximum absolute atomic E-state index is 11.4. The van der Waals surface area contributed by atoms with Gasteiger partial charge in [0.1, 0.15) is 11.5 Å². The molecule has 0 unspecified atom stereocenters. The van der Waals surface area contributed by atoms with Crippen LogP contribution >= 0.6 is 0 Å². The summed E-state index contributed by atoms with van der Waals surface area (Å²) >= 11 is 0. The fourth-order valence-electron chi connectivity index (χ4n) is 2.64. The number of hydrogen-bond donors (Lipinski definition) is 1. The van der Waals surface area contributed by atoms with Crippen LogP contribution in [0.3, 0.4) is 0 Å². The third-order valence-electron chi connectivity index (χ3n) is 4.02. The highest BCUT2D eigenvalue weighted by Gasteiger charge is 2.06. The highest BCUT2D eigenvalue weighted by molar-refractivity contribution is 5.86. The Balaban J connectivity index is 0.000000194. The first-order valence-electron chi connectivity index (χ1n) is 7.58. The topological polar surface area (TPSA) is 73.8 Å². The Hall–Kier alpha value is -1.91. The van der Waals surface area contributed by atoms with Gasteiger partial charge in [-0.2, -0.15) is 0 Å². The Morgan fingerprint density at radius 3 is 2.52 bits per heavy atom. The van der Waals surface area contributed by atoms with Crippen molar-refractivity contribution in [1.82, 2.24) is 14.5 Å². The molecule has 2 aromatic heterocycles. The summed E-state index contributed by atoms with van der Waals surface area (Å²) in [5.41, 5.74) is 6.51. The van der Waals surface area contributed by atoms with Crippen LogP contribution in [0.25, 0.3) is 11.0 Å². The van der Waals surface area contributed by atoms with Crippen LogP contribution in [0.4, 0.5) is 5.69 Å². The van der Waals surface area contributed by atoms with E-state index in [-0.39, 0.29) is 5.56 Å². The Kier molecular flexibility index (Phi) is 4.94. The summed E-state index contributed by atoms with van der Waals surface area (Å²) in [5, 5.41) is 0.706. The third-order valence-corrected chi connectivity index (χ3v) is 4.02. The van der Waals surface area contributed by atoms with Crippen LogP contribution in [0.15, 0.2) is 17.1 Å². The van der Waals surface area contributed by atoms with Crippen LogP contribution in [0.1, 0.15) is 44.9 Å². The quantitative estimate of drug-likeness (QED) is 0.809. The number of nitrogens with two attached hydrogens (primary N) is 1. The van der Waals surface area contributed by atoms with E-state index in [1.807, 2.05) is 0 Å². The van der Waals surface area contributed by atoms with Crippen LogP contribution in [0.5, 0.6) is 0 Å². The summed E-state index contributed by atoms with van der Waals surface area (Å²) < 4.78 is 1.46. The molecule has 5 nitrogen and oxygen atoms in total. The Labute approximate surface area is 125 Å². The molecule has 1 fully saturated rings. The highest BCUT2D eigenvalue weighted by Crippen LogP contribution is 2.22. The number of aryl methyl sites for hydroxylation is 2. The first-order chi connectivity index (χ1) is 9.99. The van der Waals surface area contributed by atoms with Crippen molar-refractivity contribution >= 4 is 16.7 Å². The minimum absolute atomic E-state index is 0.159. The zero-order valence-corrected chi connectivity index (χ0v) is 13.1. The second kappa shape index (κ2) is 6.70. The van der Waals surface area contributed by atoms with E-state index in [2.05, 4.69) is 16.9 Å². The van der Waals surface area contributed by atoms with Gasteiger partial charge in [-0.05, 0) is 12.8 Å². The molecule has 114 valence electrons. The van der Waals surface area contributed by atoms with Crippen molar-refractivity contribution < 1.29 is 0 Å². The summed E-state index contributed by atoms with van der Waals surface area (Å²) in [4.78, 5) is 19.6. The summed E-state index contributed by atoms with van der Waals surface area (Å²) in [6.07, 6.45) is 9.07. The molecule has 1 saturated carbocycles. The normalized spacial score (nSPS) is 15.6. The van der Waals surface area contributed by atoms with Crippen molar-refractivity contribution in [3.05, 3.63) is 28.4 Å². The molecule has 1 aliphatic carbocycles. The number of anilines is 1. The lowest BCUT2D eigenvalue weighted by atomic mass is 9.91. The van der Waals surface area contributed by atoms with E-state index in [0.29, 0.717) is 22.5 Å². The molecule has 2 N–H and O–H groups in total. The van der Waals surface area contributed by atoms with Crippen LogP contribution < -0.4 is 11.3 Å². The van der Waals surface area contributed by atoms with Gasteiger partial charge in [0.15, 0.2) is 0 Å². The van der Waals surface area contributed by atoms with Crippen molar-refractivity contribution in [3.8, 4) is 0 Å². The van der Waals surface area contributed by atoms with E-state index in [4.69, 9.17) is 5.73 Å². The van der Waals surface area contributed by atoms with Gasteiger partial charge < -0.3 is 5.73 Å². The molecule has 0 aromatic carbocycles. The molecule has 5 heteroatoms. The minimum Gasteiger partial charge on any atom is -0.398 e. The molecular weight excluding hydrogens is 264 g/mol. The number of fused-ring (bicyclic) bond motifs is 1. The molecule has 1 aliphatic rings. The number of nitrogens with zero attached hydrogens (tertiary/aromatic N) is 3. The smallest absolute Gasteiger partial charge is 0.253 e. The standard InChI is InChI=1S/C9H10N4O.C7H14/c1-5-11-4-6-7(10)3-8(14)13(2)9(6)12-5;1-7-5-3-2-4-6-7/h3-4H,10H2,1-2H3;7H,2-6H2,1H3. The van der Waals surface area contributed by atoms with Crippen molar-refractivity contribution in [2.45, 2.75) is 46.0 Å². The van der Waals surface area contributed by atoms with Gasteiger partial charge in [0, 0.05) is 25.0 Å². The van der Waals surface area contributed by atoms with Gasteiger partial charge in [0.25, 0.3) is 5.56 Å². The van der Waals surface area contributed by atoms with E-state index < -0.39 is 0 Å². The zero-order chi connectivity index (χ0) is 15.4. The first-order valence-corrected chi connectivity index (χ1v) is 7.58. The molecule has 2 aromatic rings. The molecule has 0 bridgehead atoms. The Morgan fingerprint density at radius 2 is 1.95 bits per heavy atom. The maximum Gasteiger partial charge on any atom is 0.253 e. The number of aromatic nitrogens is 3. The molecule has 2 heterocycles. The number of rotatable bonds is 0. The number of pyridine rings is 1. The lowest BCUT2D eigenvalue weighted by Crippen LogP contribution is -2.18. The van der Waals surface area contributed by atoms with E-state index in [1.165, 1.54) is 42.7 Å². The highest BCUT2D eigenvalue weighted by atomic mass is 16.1. The molecule has 3 rings (SSSR count). The average molecular weight is 288 g/mol. The molecule has 0 radical (unpaired) electrons. The van der Waals surface area contributed by atoms with Gasteiger partial charge in [-0.25, -0.2) is 9.97 Å². The van der Waals surface area contributed by atoms with Gasteiger partial charge in [0.05, 0.1) is 5.39 Å². The van der Waals surface area contributed by atoms with E-state index >= 15 is 0 Å². The fourth-order valence-corrected chi connectivity index (χ4v) is 2.64. The first kappa shape index (κ1) is 15.5. The van der Waals surface area contributed by atoms with Crippen molar-refractivity contribution in [1.29, 1.82) is 0 Å². The largest absolute Gasteiger partial charge is 0.398 e. The lowest BCUT2D eigenvalue weighted by molar-refractivity contribution is 0.385. The zero-order valence-electron chi connectivity index (χ0n) is 13.1. The lowest BCUT2D eigenvalue weighted by Gasteiger charge is -2.15. The SMILES string of the molecule is CC1CCCCC1.Cc1ncc2c(N)cc(=O)n(C)c2n1. The van der Waals surface area contributed by atoms with Crippen molar-refractivity contribution in [2.75, 3.05) is 5.73 Å². The summed E-state index contributed by atoms with van der Waals surface area (Å²) in [6, 6.07) is 1.38. The second-order valence-electron chi connectivity index (χ2n) is 5.89.